The molecule has 1 atom stereocenters. The molecule has 0 saturated heterocycles. The molecule has 8 heteroatoms. The molecule has 0 aliphatic carbocycles. The van der Waals surface area contributed by atoms with Crippen molar-refractivity contribution in [1.82, 2.24) is 10.0 Å². The van der Waals surface area contributed by atoms with E-state index in [2.05, 4.69) is 10.0 Å². The first-order valence-corrected chi connectivity index (χ1v) is 9.87. The van der Waals surface area contributed by atoms with E-state index in [0.29, 0.717) is 13.0 Å². The van der Waals surface area contributed by atoms with Gasteiger partial charge in [-0.15, -0.1) is 0 Å². The number of hydrogen-bond donors (Lipinski definition) is 2. The van der Waals surface area contributed by atoms with Crippen molar-refractivity contribution in [3.8, 4) is 5.75 Å². The largest absolute Gasteiger partial charge is 0.495 e. The van der Waals surface area contributed by atoms with Gasteiger partial charge >= 0.3 is 0 Å². The summed E-state index contributed by atoms with van der Waals surface area (Å²) in [5.41, 5.74) is 1.09. The second kappa shape index (κ2) is 9.02. The van der Waals surface area contributed by atoms with E-state index in [1.807, 2.05) is 30.3 Å². The molecular formula is C18H21ClN2O4S. The standard InChI is InChI=1S/C18H21ClN2O4S/c1-13(18(22)20-11-10-14-6-4-3-5-7-14)21-26(23,24)17-12-15(19)8-9-16(17)25-2/h3-9,12-13,21H,10-11H2,1-2H3,(H,20,22)/t13-/m1/s1. The lowest BCUT2D eigenvalue weighted by molar-refractivity contribution is -0.122. The molecule has 0 bridgehead atoms. The van der Waals surface area contributed by atoms with Gasteiger partial charge in [-0.05, 0) is 37.1 Å². The molecule has 0 heterocycles. The second-order valence-electron chi connectivity index (χ2n) is 5.66. The zero-order valence-electron chi connectivity index (χ0n) is 14.5. The second-order valence-corrected chi connectivity index (χ2v) is 7.78. The molecular weight excluding hydrogens is 376 g/mol. The van der Waals surface area contributed by atoms with Crippen LogP contribution in [0.5, 0.6) is 5.75 Å². The summed E-state index contributed by atoms with van der Waals surface area (Å²) in [7, 11) is -2.60. The summed E-state index contributed by atoms with van der Waals surface area (Å²) >= 11 is 5.88. The van der Waals surface area contributed by atoms with E-state index in [0.717, 1.165) is 5.56 Å². The quantitative estimate of drug-likeness (QED) is 0.717. The number of rotatable bonds is 8. The van der Waals surface area contributed by atoms with Crippen LogP contribution >= 0.6 is 11.6 Å². The summed E-state index contributed by atoms with van der Waals surface area (Å²) in [6.07, 6.45) is 0.661. The summed E-state index contributed by atoms with van der Waals surface area (Å²) in [4.78, 5) is 12.1. The lowest BCUT2D eigenvalue weighted by atomic mass is 10.1. The van der Waals surface area contributed by atoms with Crippen molar-refractivity contribution < 1.29 is 17.9 Å². The van der Waals surface area contributed by atoms with Gasteiger partial charge in [0.2, 0.25) is 15.9 Å². The summed E-state index contributed by atoms with van der Waals surface area (Å²) in [6, 6.07) is 13.0. The number of sulfonamides is 1. The van der Waals surface area contributed by atoms with Crippen LogP contribution < -0.4 is 14.8 Å². The van der Waals surface area contributed by atoms with Crippen molar-refractivity contribution in [3.05, 3.63) is 59.1 Å². The Hall–Kier alpha value is -2.09. The Morgan fingerprint density at radius 3 is 2.54 bits per heavy atom. The smallest absolute Gasteiger partial charge is 0.245 e. The Kier molecular flexibility index (Phi) is 7.02. The Bertz CT molecular complexity index is 857. The van der Waals surface area contributed by atoms with E-state index >= 15 is 0 Å². The fraction of sp³-hybridized carbons (Fsp3) is 0.278. The van der Waals surface area contributed by atoms with Crippen LogP contribution in [-0.4, -0.2) is 34.0 Å². The molecule has 2 aromatic rings. The highest BCUT2D eigenvalue weighted by Gasteiger charge is 2.25. The number of nitrogens with one attached hydrogen (secondary N) is 2. The molecule has 0 aliphatic heterocycles. The average Bonchev–Trinajstić information content (AvgIpc) is 2.62. The zero-order chi connectivity index (χ0) is 19.2. The van der Waals surface area contributed by atoms with Crippen LogP contribution in [0.1, 0.15) is 12.5 Å². The van der Waals surface area contributed by atoms with Crippen molar-refractivity contribution in [1.29, 1.82) is 0 Å². The summed E-state index contributed by atoms with van der Waals surface area (Å²) < 4.78 is 32.5. The molecule has 0 saturated carbocycles. The minimum Gasteiger partial charge on any atom is -0.495 e. The highest BCUT2D eigenvalue weighted by atomic mass is 35.5. The highest BCUT2D eigenvalue weighted by Crippen LogP contribution is 2.27. The number of halogens is 1. The molecule has 2 aromatic carbocycles. The van der Waals surface area contributed by atoms with Gasteiger partial charge in [0.15, 0.2) is 0 Å². The van der Waals surface area contributed by atoms with Crippen LogP contribution in [0, 0.1) is 0 Å². The molecule has 0 unspecified atom stereocenters. The number of carbonyl (C=O) groups is 1. The third-order valence-electron chi connectivity index (χ3n) is 3.70. The average molecular weight is 397 g/mol. The van der Waals surface area contributed by atoms with Crippen LogP contribution in [0.3, 0.4) is 0 Å². The van der Waals surface area contributed by atoms with E-state index in [1.165, 1.54) is 32.2 Å². The molecule has 140 valence electrons. The van der Waals surface area contributed by atoms with Crippen LogP contribution in [-0.2, 0) is 21.2 Å². The molecule has 2 N–H and O–H groups in total. The van der Waals surface area contributed by atoms with Crippen molar-refractivity contribution in [2.45, 2.75) is 24.3 Å². The monoisotopic (exact) mass is 396 g/mol. The fourth-order valence-corrected chi connectivity index (χ4v) is 3.97. The van der Waals surface area contributed by atoms with Gasteiger partial charge in [0.1, 0.15) is 10.6 Å². The van der Waals surface area contributed by atoms with Gasteiger partial charge in [0.05, 0.1) is 13.2 Å². The first-order chi connectivity index (χ1) is 12.3. The normalized spacial score (nSPS) is 12.4. The highest BCUT2D eigenvalue weighted by molar-refractivity contribution is 7.89. The molecule has 0 spiro atoms. The number of hydrogen-bond acceptors (Lipinski definition) is 4. The predicted molar refractivity (Wildman–Crippen MR) is 101 cm³/mol. The molecule has 26 heavy (non-hydrogen) atoms. The van der Waals surface area contributed by atoms with Crippen molar-refractivity contribution in [2.24, 2.45) is 0 Å². The van der Waals surface area contributed by atoms with Gasteiger partial charge in [-0.1, -0.05) is 41.9 Å². The van der Waals surface area contributed by atoms with Crippen molar-refractivity contribution in [3.63, 3.8) is 0 Å². The van der Waals surface area contributed by atoms with E-state index in [-0.39, 0.29) is 15.7 Å². The maximum Gasteiger partial charge on any atom is 0.245 e. The first-order valence-electron chi connectivity index (χ1n) is 8.01. The molecule has 6 nitrogen and oxygen atoms in total. The number of ether oxygens (including phenoxy) is 1. The van der Waals surface area contributed by atoms with E-state index in [1.54, 1.807) is 0 Å². The third-order valence-corrected chi connectivity index (χ3v) is 5.49. The van der Waals surface area contributed by atoms with Gasteiger partial charge < -0.3 is 10.1 Å². The fourth-order valence-electron chi connectivity index (χ4n) is 2.34. The van der Waals surface area contributed by atoms with E-state index in [4.69, 9.17) is 16.3 Å². The topological polar surface area (TPSA) is 84.5 Å². The molecule has 0 radical (unpaired) electrons. The molecule has 0 fully saturated rings. The summed E-state index contributed by atoms with van der Waals surface area (Å²) in [5, 5.41) is 2.98. The number of carbonyl (C=O) groups excluding carboxylic acids is 1. The molecule has 1 amide bonds. The van der Waals surface area contributed by atoms with Gasteiger partial charge in [-0.3, -0.25) is 4.79 Å². The zero-order valence-corrected chi connectivity index (χ0v) is 16.1. The van der Waals surface area contributed by atoms with E-state index < -0.39 is 22.0 Å². The minimum atomic E-state index is -3.97. The van der Waals surface area contributed by atoms with Crippen molar-refractivity contribution >= 4 is 27.5 Å². The maximum atomic E-state index is 12.5. The number of amides is 1. The van der Waals surface area contributed by atoms with Gasteiger partial charge in [0.25, 0.3) is 0 Å². The van der Waals surface area contributed by atoms with Gasteiger partial charge in [-0.25, -0.2) is 8.42 Å². The molecule has 2 rings (SSSR count). The number of methoxy groups -OCH3 is 1. The lowest BCUT2D eigenvalue weighted by Gasteiger charge is -2.16. The molecule has 0 aliphatic rings. The SMILES string of the molecule is COc1ccc(Cl)cc1S(=O)(=O)N[C@H](C)C(=O)NCCc1ccccc1. The first kappa shape index (κ1) is 20.2. The van der Waals surface area contributed by atoms with Crippen LogP contribution in [0.2, 0.25) is 5.02 Å². The maximum absolute atomic E-state index is 12.5. The Labute approximate surface area is 158 Å². The summed E-state index contributed by atoms with van der Waals surface area (Å²) in [6.45, 7) is 1.89. The Morgan fingerprint density at radius 2 is 1.88 bits per heavy atom. The number of benzene rings is 2. The summed E-state index contributed by atoms with van der Waals surface area (Å²) in [5.74, 6) is -0.260. The van der Waals surface area contributed by atoms with Crippen LogP contribution in [0.4, 0.5) is 0 Å². The molecule has 0 aromatic heterocycles. The third kappa shape index (κ3) is 5.45. The minimum absolute atomic E-state index is 0.114. The van der Waals surface area contributed by atoms with Gasteiger partial charge in [0, 0.05) is 11.6 Å². The van der Waals surface area contributed by atoms with E-state index in [9.17, 15) is 13.2 Å². The van der Waals surface area contributed by atoms with Gasteiger partial charge in [-0.2, -0.15) is 4.72 Å². The predicted octanol–water partition coefficient (Wildman–Crippen LogP) is 2.37. The van der Waals surface area contributed by atoms with Crippen LogP contribution in [0.25, 0.3) is 0 Å². The Morgan fingerprint density at radius 1 is 1.19 bits per heavy atom. The lowest BCUT2D eigenvalue weighted by Crippen LogP contribution is -2.45. The Balaban J connectivity index is 1.98. The van der Waals surface area contributed by atoms with Crippen LogP contribution in [0.15, 0.2) is 53.4 Å². The van der Waals surface area contributed by atoms with Crippen molar-refractivity contribution in [2.75, 3.05) is 13.7 Å².